The van der Waals surface area contributed by atoms with Crippen LogP contribution in [0.15, 0.2) is 24.3 Å². The summed E-state index contributed by atoms with van der Waals surface area (Å²) in [6.07, 6.45) is 2.08. The Balaban J connectivity index is 2.50. The molecule has 0 heterocycles. The van der Waals surface area contributed by atoms with Gasteiger partial charge in [-0.05, 0) is 58.5 Å². The molecule has 3 heteroatoms. The molecule has 1 aromatic carbocycles. The summed E-state index contributed by atoms with van der Waals surface area (Å²) in [5.41, 5.74) is 1.15. The molecular weight excluding hydrogens is 315 g/mol. The summed E-state index contributed by atoms with van der Waals surface area (Å²) < 4.78 is 1.23. The Kier molecular flexibility index (Phi) is 4.77. The number of rotatable bonds is 5. The zero-order valence-electron chi connectivity index (χ0n) is 9.66. The molecule has 1 N–H and O–H groups in total. The van der Waals surface area contributed by atoms with E-state index in [9.17, 15) is 4.79 Å². The quantitative estimate of drug-likeness (QED) is 0.835. The van der Waals surface area contributed by atoms with Gasteiger partial charge in [0.2, 0.25) is 0 Å². The minimum absolute atomic E-state index is 0.130. The number of carboxylic acids is 1. The molecule has 0 spiro atoms. The van der Waals surface area contributed by atoms with E-state index in [0.717, 1.165) is 12.8 Å². The summed E-state index contributed by atoms with van der Waals surface area (Å²) in [7, 11) is 0. The molecule has 0 unspecified atom stereocenters. The Morgan fingerprint density at radius 3 is 2.38 bits per heavy atom. The van der Waals surface area contributed by atoms with Crippen LogP contribution in [0.5, 0.6) is 0 Å². The van der Waals surface area contributed by atoms with Crippen molar-refractivity contribution in [3.63, 3.8) is 0 Å². The summed E-state index contributed by atoms with van der Waals surface area (Å²) >= 11 is 2.28. The molecule has 0 bridgehead atoms. The third-order valence-corrected chi connectivity index (χ3v) is 3.35. The van der Waals surface area contributed by atoms with E-state index in [1.165, 1.54) is 9.13 Å². The van der Waals surface area contributed by atoms with Crippen LogP contribution in [0.3, 0.4) is 0 Å². The highest BCUT2D eigenvalue weighted by Gasteiger charge is 2.21. The minimum atomic E-state index is -0.715. The van der Waals surface area contributed by atoms with Crippen molar-refractivity contribution >= 4 is 28.6 Å². The van der Waals surface area contributed by atoms with Crippen molar-refractivity contribution in [3.8, 4) is 0 Å². The number of halogens is 1. The van der Waals surface area contributed by atoms with Crippen LogP contribution in [-0.4, -0.2) is 11.1 Å². The fourth-order valence-corrected chi connectivity index (χ4v) is 1.99. The summed E-state index contributed by atoms with van der Waals surface area (Å²) in [5.74, 6) is -0.715. The van der Waals surface area contributed by atoms with E-state index in [-0.39, 0.29) is 11.8 Å². The molecule has 0 saturated heterocycles. The smallest absolute Gasteiger partial charge is 0.303 e. The summed E-state index contributed by atoms with van der Waals surface area (Å²) in [6, 6.07) is 8.39. The molecule has 0 aromatic heterocycles. The fraction of sp³-hybridized carbons (Fsp3) is 0.462. The lowest BCUT2D eigenvalue weighted by Gasteiger charge is -2.22. The van der Waals surface area contributed by atoms with Gasteiger partial charge in [-0.3, -0.25) is 4.79 Å². The van der Waals surface area contributed by atoms with E-state index in [4.69, 9.17) is 5.11 Å². The van der Waals surface area contributed by atoms with Crippen LogP contribution in [0.2, 0.25) is 0 Å². The molecule has 0 aliphatic carbocycles. The van der Waals surface area contributed by atoms with E-state index >= 15 is 0 Å². The molecule has 0 aliphatic rings. The van der Waals surface area contributed by atoms with Gasteiger partial charge in [-0.1, -0.05) is 26.0 Å². The molecule has 1 rings (SSSR count). The summed E-state index contributed by atoms with van der Waals surface area (Å²) in [5, 5.41) is 8.78. The van der Waals surface area contributed by atoms with E-state index in [1.54, 1.807) is 0 Å². The lowest BCUT2D eigenvalue weighted by atomic mass is 9.83. The highest BCUT2D eigenvalue weighted by molar-refractivity contribution is 14.1. The first-order valence-corrected chi connectivity index (χ1v) is 6.43. The maximum Gasteiger partial charge on any atom is 0.303 e. The fourth-order valence-electron chi connectivity index (χ4n) is 1.63. The predicted octanol–water partition coefficient (Wildman–Crippen LogP) is 3.72. The number of carbonyl (C=O) groups is 1. The van der Waals surface area contributed by atoms with Gasteiger partial charge in [0.15, 0.2) is 0 Å². The number of aliphatic carboxylic acids is 1. The lowest BCUT2D eigenvalue weighted by molar-refractivity contribution is -0.139. The van der Waals surface area contributed by atoms with Crippen molar-refractivity contribution in [3.05, 3.63) is 33.4 Å². The first-order chi connectivity index (χ1) is 7.39. The van der Waals surface area contributed by atoms with Crippen molar-refractivity contribution in [1.82, 2.24) is 0 Å². The topological polar surface area (TPSA) is 37.3 Å². The van der Waals surface area contributed by atoms with Crippen LogP contribution in [0.4, 0.5) is 0 Å². The van der Waals surface area contributed by atoms with E-state index in [1.807, 2.05) is 13.8 Å². The first kappa shape index (κ1) is 13.5. The zero-order chi connectivity index (χ0) is 12.2. The van der Waals surface area contributed by atoms with Crippen LogP contribution in [-0.2, 0) is 11.2 Å². The van der Waals surface area contributed by atoms with Gasteiger partial charge in [0.05, 0.1) is 6.42 Å². The maximum absolute atomic E-state index is 10.7. The van der Waals surface area contributed by atoms with Crippen LogP contribution in [0.25, 0.3) is 0 Å². The number of hydrogen-bond acceptors (Lipinski definition) is 1. The van der Waals surface area contributed by atoms with Crippen LogP contribution >= 0.6 is 22.6 Å². The third kappa shape index (κ3) is 4.96. The van der Waals surface area contributed by atoms with Crippen molar-refractivity contribution in [1.29, 1.82) is 0 Å². The van der Waals surface area contributed by atoms with Crippen molar-refractivity contribution < 1.29 is 9.90 Å². The Morgan fingerprint density at radius 2 is 1.88 bits per heavy atom. The van der Waals surface area contributed by atoms with Gasteiger partial charge in [0.1, 0.15) is 0 Å². The molecule has 2 nitrogen and oxygen atoms in total. The largest absolute Gasteiger partial charge is 0.481 e. The Bertz CT molecular complexity index is 355. The Labute approximate surface area is 110 Å². The number of hydrogen-bond donors (Lipinski definition) is 1. The van der Waals surface area contributed by atoms with Gasteiger partial charge in [0.25, 0.3) is 0 Å². The van der Waals surface area contributed by atoms with E-state index in [2.05, 4.69) is 46.9 Å². The predicted molar refractivity (Wildman–Crippen MR) is 73.5 cm³/mol. The molecule has 0 fully saturated rings. The van der Waals surface area contributed by atoms with Gasteiger partial charge in [-0.25, -0.2) is 0 Å². The SMILES string of the molecule is CC(C)(CCc1ccc(I)cc1)CC(=O)O. The highest BCUT2D eigenvalue weighted by atomic mass is 127. The molecule has 0 atom stereocenters. The van der Waals surface area contributed by atoms with Gasteiger partial charge >= 0.3 is 5.97 Å². The normalized spacial score (nSPS) is 11.4. The minimum Gasteiger partial charge on any atom is -0.481 e. The Morgan fingerprint density at radius 1 is 1.31 bits per heavy atom. The average molecular weight is 332 g/mol. The summed E-state index contributed by atoms with van der Waals surface area (Å²) in [6.45, 7) is 4.02. The van der Waals surface area contributed by atoms with Gasteiger partial charge < -0.3 is 5.11 Å². The third-order valence-electron chi connectivity index (χ3n) is 2.63. The number of benzene rings is 1. The van der Waals surface area contributed by atoms with Gasteiger partial charge in [-0.2, -0.15) is 0 Å². The second-order valence-electron chi connectivity index (χ2n) is 4.86. The van der Waals surface area contributed by atoms with E-state index in [0.29, 0.717) is 0 Å². The average Bonchev–Trinajstić information content (AvgIpc) is 2.15. The van der Waals surface area contributed by atoms with Crippen molar-refractivity contribution in [2.24, 2.45) is 5.41 Å². The highest BCUT2D eigenvalue weighted by Crippen LogP contribution is 2.27. The molecule has 0 saturated carbocycles. The van der Waals surface area contributed by atoms with Crippen molar-refractivity contribution in [2.45, 2.75) is 33.1 Å². The van der Waals surface area contributed by atoms with E-state index < -0.39 is 5.97 Å². The Hall–Kier alpha value is -0.580. The molecule has 0 aliphatic heterocycles. The first-order valence-electron chi connectivity index (χ1n) is 5.35. The molecule has 0 amide bonds. The zero-order valence-corrected chi connectivity index (χ0v) is 11.8. The molecule has 88 valence electrons. The van der Waals surface area contributed by atoms with Gasteiger partial charge in [-0.15, -0.1) is 0 Å². The molecule has 0 radical (unpaired) electrons. The molecule has 16 heavy (non-hydrogen) atoms. The molecule has 1 aromatic rings. The lowest BCUT2D eigenvalue weighted by Crippen LogP contribution is -2.17. The van der Waals surface area contributed by atoms with Crippen molar-refractivity contribution in [2.75, 3.05) is 0 Å². The molecular formula is C13H17IO2. The second kappa shape index (κ2) is 5.66. The number of aryl methyl sites for hydroxylation is 1. The monoisotopic (exact) mass is 332 g/mol. The maximum atomic E-state index is 10.7. The summed E-state index contributed by atoms with van der Waals surface area (Å²) in [4.78, 5) is 10.7. The van der Waals surface area contributed by atoms with Crippen LogP contribution in [0, 0.1) is 8.99 Å². The second-order valence-corrected chi connectivity index (χ2v) is 6.11. The van der Waals surface area contributed by atoms with Crippen LogP contribution < -0.4 is 0 Å². The van der Waals surface area contributed by atoms with Crippen LogP contribution in [0.1, 0.15) is 32.3 Å². The van der Waals surface area contributed by atoms with Gasteiger partial charge in [0, 0.05) is 3.57 Å². The number of carboxylic acid groups (broad SMARTS) is 1. The standard InChI is InChI=1S/C13H17IO2/c1-13(2,9-12(15)16)8-7-10-3-5-11(14)6-4-10/h3-6H,7-9H2,1-2H3,(H,15,16).